The van der Waals surface area contributed by atoms with Crippen LogP contribution in [0.4, 0.5) is 0 Å². The normalized spacial score (nSPS) is 14.3. The molecule has 6 heterocycles. The van der Waals surface area contributed by atoms with Gasteiger partial charge in [0.15, 0.2) is 11.5 Å². The van der Waals surface area contributed by atoms with E-state index in [1.807, 2.05) is 24.3 Å². The number of fused-ring (bicyclic) bond motifs is 1. The fourth-order valence-corrected chi connectivity index (χ4v) is 4.22. The Labute approximate surface area is 189 Å². The molecule has 0 radical (unpaired) electrons. The Morgan fingerprint density at radius 3 is 2.91 bits per heavy atom. The first-order valence-electron chi connectivity index (χ1n) is 11.1. The van der Waals surface area contributed by atoms with Crippen molar-refractivity contribution in [2.45, 2.75) is 12.8 Å². The average molecular weight is 441 g/mol. The Hall–Kier alpha value is -3.98. The second kappa shape index (κ2) is 8.51. The molecule has 1 aliphatic rings. The highest BCUT2D eigenvalue weighted by atomic mass is 16.5. The van der Waals surface area contributed by atoms with E-state index >= 15 is 0 Å². The van der Waals surface area contributed by atoms with Gasteiger partial charge in [0.1, 0.15) is 23.6 Å². The lowest BCUT2D eigenvalue weighted by Crippen LogP contribution is -2.25. The third-order valence-electron chi connectivity index (χ3n) is 5.94. The maximum absolute atomic E-state index is 5.94. The average Bonchev–Trinajstić information content (AvgIpc) is 3.65. The molecule has 0 spiro atoms. The maximum Gasteiger partial charge on any atom is 0.160 e. The van der Waals surface area contributed by atoms with Crippen molar-refractivity contribution in [3.63, 3.8) is 0 Å². The quantitative estimate of drug-likeness (QED) is 0.391. The van der Waals surface area contributed by atoms with E-state index in [2.05, 4.69) is 30.0 Å². The molecule has 0 amide bonds. The smallest absolute Gasteiger partial charge is 0.160 e. The van der Waals surface area contributed by atoms with Gasteiger partial charge in [0, 0.05) is 35.6 Å². The summed E-state index contributed by atoms with van der Waals surface area (Å²) in [6.07, 6.45) is 11.2. The zero-order valence-electron chi connectivity index (χ0n) is 18.0. The van der Waals surface area contributed by atoms with Crippen molar-refractivity contribution < 1.29 is 9.15 Å². The van der Waals surface area contributed by atoms with Gasteiger partial charge in [-0.1, -0.05) is 0 Å². The molecule has 1 fully saturated rings. The number of pyridine rings is 2. The number of aromatic amines is 2. The lowest BCUT2D eigenvalue weighted by atomic mass is 10.1. The van der Waals surface area contributed by atoms with Gasteiger partial charge in [0.05, 0.1) is 24.4 Å². The summed E-state index contributed by atoms with van der Waals surface area (Å²) >= 11 is 0. The molecule has 0 aliphatic carbocycles. The van der Waals surface area contributed by atoms with Crippen LogP contribution < -0.4 is 4.74 Å². The molecular weight excluding hydrogens is 418 g/mol. The van der Waals surface area contributed by atoms with Gasteiger partial charge >= 0.3 is 0 Å². The van der Waals surface area contributed by atoms with Crippen LogP contribution in [0.3, 0.4) is 0 Å². The summed E-state index contributed by atoms with van der Waals surface area (Å²) in [5.41, 5.74) is 5.82. The van der Waals surface area contributed by atoms with Gasteiger partial charge in [-0.3, -0.25) is 15.0 Å². The van der Waals surface area contributed by atoms with Gasteiger partial charge in [-0.2, -0.15) is 5.10 Å². The summed E-state index contributed by atoms with van der Waals surface area (Å²) < 4.78 is 11.2. The number of hydrogen-bond donors (Lipinski definition) is 2. The van der Waals surface area contributed by atoms with Gasteiger partial charge in [-0.15, -0.1) is 0 Å². The zero-order valence-corrected chi connectivity index (χ0v) is 18.0. The monoisotopic (exact) mass is 441 g/mol. The van der Waals surface area contributed by atoms with Crippen LogP contribution in [0.2, 0.25) is 0 Å². The van der Waals surface area contributed by atoms with Crippen molar-refractivity contribution in [2.75, 3.05) is 26.2 Å². The zero-order chi connectivity index (χ0) is 22.0. The van der Waals surface area contributed by atoms with Crippen molar-refractivity contribution >= 4 is 11.2 Å². The molecule has 0 aromatic carbocycles. The van der Waals surface area contributed by atoms with Crippen molar-refractivity contribution in [1.29, 1.82) is 0 Å². The number of nitrogens with one attached hydrogen (secondary N) is 2. The lowest BCUT2D eigenvalue weighted by molar-refractivity contribution is 0.237. The van der Waals surface area contributed by atoms with E-state index in [1.54, 1.807) is 31.1 Å². The molecule has 9 nitrogen and oxygen atoms in total. The molecule has 33 heavy (non-hydrogen) atoms. The topological polar surface area (TPSA) is 109 Å². The first-order valence-corrected chi connectivity index (χ1v) is 11.1. The summed E-state index contributed by atoms with van der Waals surface area (Å²) in [7, 11) is 0. The highest BCUT2D eigenvalue weighted by Gasteiger charge is 2.15. The van der Waals surface area contributed by atoms with E-state index in [4.69, 9.17) is 14.1 Å². The highest BCUT2D eigenvalue weighted by molar-refractivity contribution is 5.91. The minimum absolute atomic E-state index is 0.641. The number of rotatable bonds is 7. The van der Waals surface area contributed by atoms with E-state index in [0.29, 0.717) is 23.8 Å². The molecular formula is C24H23N7O2. The van der Waals surface area contributed by atoms with E-state index < -0.39 is 0 Å². The molecule has 0 unspecified atom stereocenters. The highest BCUT2D eigenvalue weighted by Crippen LogP contribution is 2.30. The number of ether oxygens (including phenoxy) is 1. The third kappa shape index (κ3) is 3.98. The Morgan fingerprint density at radius 2 is 2.03 bits per heavy atom. The van der Waals surface area contributed by atoms with Crippen LogP contribution in [0.15, 0.2) is 59.8 Å². The maximum atomic E-state index is 5.94. The summed E-state index contributed by atoms with van der Waals surface area (Å²) in [5.74, 6) is 1.39. The van der Waals surface area contributed by atoms with Gasteiger partial charge < -0.3 is 14.1 Å². The number of aromatic nitrogens is 6. The lowest BCUT2D eigenvalue weighted by Gasteiger charge is -2.14. The van der Waals surface area contributed by atoms with Crippen LogP contribution >= 0.6 is 0 Å². The molecule has 0 saturated carbocycles. The standard InChI is InChI=1S/C24H23N7O2/c1-2-7-31(6-1)8-10-33-18-11-17(13-25-14-18)20-12-21(30-29-20)23-27-22-19(16-4-9-32-15-16)3-5-26-24(22)28-23/h3-5,9,11-15H,1-2,6-8,10H2,(H,29,30)(H,26,27,28). The van der Waals surface area contributed by atoms with Crippen molar-refractivity contribution in [3.05, 3.63) is 55.4 Å². The molecule has 0 bridgehead atoms. The van der Waals surface area contributed by atoms with E-state index in [0.717, 1.165) is 40.2 Å². The number of hydrogen-bond acceptors (Lipinski definition) is 7. The number of imidazole rings is 1. The minimum atomic E-state index is 0.641. The molecule has 5 aromatic heterocycles. The number of furan rings is 1. The van der Waals surface area contributed by atoms with Crippen LogP contribution in [0, 0.1) is 0 Å². The summed E-state index contributed by atoms with van der Waals surface area (Å²) in [4.78, 5) is 19.2. The molecule has 1 saturated heterocycles. The van der Waals surface area contributed by atoms with Gasteiger partial charge in [0.2, 0.25) is 0 Å². The first kappa shape index (κ1) is 19.7. The Bertz CT molecular complexity index is 1370. The Kier molecular flexibility index (Phi) is 5.08. The number of H-pyrrole nitrogens is 2. The van der Waals surface area contributed by atoms with Crippen molar-refractivity contribution in [2.24, 2.45) is 0 Å². The molecule has 5 aromatic rings. The van der Waals surface area contributed by atoms with E-state index in [-0.39, 0.29) is 0 Å². The Balaban J connectivity index is 1.22. The number of likely N-dealkylation sites (tertiary alicyclic amines) is 1. The fourth-order valence-electron chi connectivity index (χ4n) is 4.22. The summed E-state index contributed by atoms with van der Waals surface area (Å²) in [5, 5.41) is 7.54. The van der Waals surface area contributed by atoms with E-state index in [9.17, 15) is 0 Å². The fraction of sp³-hybridized carbons (Fsp3) is 0.250. The second-order valence-electron chi connectivity index (χ2n) is 8.13. The third-order valence-corrected chi connectivity index (χ3v) is 5.94. The molecule has 6 rings (SSSR count). The van der Waals surface area contributed by atoms with Crippen LogP contribution in [0.5, 0.6) is 5.75 Å². The predicted molar refractivity (Wildman–Crippen MR) is 124 cm³/mol. The largest absolute Gasteiger partial charge is 0.491 e. The van der Waals surface area contributed by atoms with Gasteiger partial charge in [-0.05, 0) is 50.2 Å². The number of nitrogens with zero attached hydrogens (tertiary/aromatic N) is 5. The first-order chi connectivity index (χ1) is 16.3. The van der Waals surface area contributed by atoms with Crippen LogP contribution in [0.1, 0.15) is 12.8 Å². The Morgan fingerprint density at radius 1 is 1.09 bits per heavy atom. The SMILES string of the molecule is c1cc(-c2ccoc2)c2nc(-c3cc(-c4cncc(OCCN5CCCC5)c4)[nH]n3)[nH]c2n1. The van der Waals surface area contributed by atoms with Gasteiger partial charge in [-0.25, -0.2) is 9.97 Å². The minimum Gasteiger partial charge on any atom is -0.491 e. The van der Waals surface area contributed by atoms with Crippen molar-refractivity contribution in [3.8, 4) is 39.7 Å². The molecule has 9 heteroatoms. The van der Waals surface area contributed by atoms with Crippen LogP contribution in [0.25, 0.3) is 45.1 Å². The van der Waals surface area contributed by atoms with Crippen molar-refractivity contribution in [1.82, 2.24) is 35.0 Å². The summed E-state index contributed by atoms with van der Waals surface area (Å²) in [6, 6.07) is 7.75. The molecule has 166 valence electrons. The summed E-state index contributed by atoms with van der Waals surface area (Å²) in [6.45, 7) is 3.93. The van der Waals surface area contributed by atoms with Crippen LogP contribution in [-0.4, -0.2) is 61.3 Å². The van der Waals surface area contributed by atoms with Gasteiger partial charge in [0.25, 0.3) is 0 Å². The molecule has 0 atom stereocenters. The second-order valence-corrected chi connectivity index (χ2v) is 8.13. The predicted octanol–water partition coefficient (Wildman–Crippen LogP) is 4.14. The molecule has 2 N–H and O–H groups in total. The van der Waals surface area contributed by atoms with Crippen LogP contribution in [-0.2, 0) is 0 Å². The molecule has 1 aliphatic heterocycles. The van der Waals surface area contributed by atoms with E-state index in [1.165, 1.54) is 25.9 Å².